The summed E-state index contributed by atoms with van der Waals surface area (Å²) in [6.45, 7) is 3.22. The summed E-state index contributed by atoms with van der Waals surface area (Å²) in [6.07, 6.45) is 2.78. The third-order valence-electron chi connectivity index (χ3n) is 4.86. The van der Waals surface area contributed by atoms with E-state index in [2.05, 4.69) is 0 Å². The van der Waals surface area contributed by atoms with Gasteiger partial charge in [-0.25, -0.2) is 4.79 Å². The van der Waals surface area contributed by atoms with Crippen LogP contribution in [0, 0.1) is 0 Å². The minimum absolute atomic E-state index is 0.110. The summed E-state index contributed by atoms with van der Waals surface area (Å²) in [5.74, 6) is -1.19. The molecule has 28 heavy (non-hydrogen) atoms. The van der Waals surface area contributed by atoms with Crippen molar-refractivity contribution in [2.75, 3.05) is 0 Å². The highest BCUT2D eigenvalue weighted by atomic mass is 16.7. The molecular formula is C20H29NO7. The van der Waals surface area contributed by atoms with E-state index in [-0.39, 0.29) is 24.0 Å². The first-order valence-electron chi connectivity index (χ1n) is 9.60. The molecule has 0 saturated heterocycles. The number of phenols is 2. The van der Waals surface area contributed by atoms with Crippen LogP contribution in [-0.4, -0.2) is 46.7 Å². The average molecular weight is 395 g/mol. The fourth-order valence-electron chi connectivity index (χ4n) is 2.99. The first kappa shape index (κ1) is 21.8. The van der Waals surface area contributed by atoms with E-state index in [0.29, 0.717) is 5.56 Å². The zero-order valence-electron chi connectivity index (χ0n) is 16.3. The maximum atomic E-state index is 12.2. The molecule has 1 aliphatic carbocycles. The summed E-state index contributed by atoms with van der Waals surface area (Å²) in [5.41, 5.74) is 6.44. The second kappa shape index (κ2) is 10.2. The van der Waals surface area contributed by atoms with Crippen molar-refractivity contribution >= 4 is 12.1 Å². The molecule has 1 fully saturated rings. The molecule has 2 rings (SSSR count). The summed E-state index contributed by atoms with van der Waals surface area (Å²) in [5, 5.41) is 18.8. The predicted octanol–water partition coefficient (Wildman–Crippen LogP) is 2.77. The Bertz CT molecular complexity index is 673. The van der Waals surface area contributed by atoms with Gasteiger partial charge in [0.25, 0.3) is 0 Å². The Kier molecular flexibility index (Phi) is 7.92. The molecule has 0 radical (unpaired) electrons. The molecule has 8 heteroatoms. The van der Waals surface area contributed by atoms with Gasteiger partial charge in [0.15, 0.2) is 11.5 Å². The van der Waals surface area contributed by atoms with Gasteiger partial charge in [-0.3, -0.25) is 4.79 Å². The summed E-state index contributed by atoms with van der Waals surface area (Å²) in [4.78, 5) is 24.1. The molecule has 0 amide bonds. The lowest BCUT2D eigenvalue weighted by Crippen LogP contribution is -2.39. The fourth-order valence-corrected chi connectivity index (χ4v) is 2.99. The molecule has 0 spiro atoms. The summed E-state index contributed by atoms with van der Waals surface area (Å²) in [7, 11) is 0. The lowest BCUT2D eigenvalue weighted by atomic mass is 9.98. The topological polar surface area (TPSA) is 128 Å². The first-order chi connectivity index (χ1) is 13.3. The van der Waals surface area contributed by atoms with Crippen molar-refractivity contribution in [2.45, 2.75) is 76.7 Å². The van der Waals surface area contributed by atoms with E-state index in [0.717, 1.165) is 32.1 Å². The highest BCUT2D eigenvalue weighted by Crippen LogP contribution is 2.25. The highest BCUT2D eigenvalue weighted by Gasteiger charge is 2.26. The largest absolute Gasteiger partial charge is 0.508 e. The number of esters is 1. The first-order valence-corrected chi connectivity index (χ1v) is 9.60. The van der Waals surface area contributed by atoms with E-state index in [9.17, 15) is 19.8 Å². The number of hydrogen-bond acceptors (Lipinski definition) is 8. The third kappa shape index (κ3) is 6.60. The van der Waals surface area contributed by atoms with E-state index in [1.165, 1.54) is 12.1 Å². The molecular weight excluding hydrogens is 366 g/mol. The average Bonchev–Trinajstić information content (AvgIpc) is 2.65. The number of nitrogens with two attached hydrogens (primary N) is 1. The van der Waals surface area contributed by atoms with E-state index < -0.39 is 30.4 Å². The highest BCUT2D eigenvalue weighted by molar-refractivity contribution is 5.76. The number of benzene rings is 1. The molecule has 0 heterocycles. The number of rotatable bonds is 7. The van der Waals surface area contributed by atoms with Crippen molar-refractivity contribution in [1.29, 1.82) is 0 Å². The Morgan fingerprint density at radius 1 is 1.07 bits per heavy atom. The SMILES string of the molecule is C[C@H](OC(=O)[C@@H](N)Cc1ccc(O)c(O)c1)[C@@H](C)OC(=O)OC1CCCCC1. The van der Waals surface area contributed by atoms with Crippen LogP contribution in [0.1, 0.15) is 51.5 Å². The van der Waals surface area contributed by atoms with Gasteiger partial charge in [-0.05, 0) is 63.6 Å². The van der Waals surface area contributed by atoms with Crippen LogP contribution in [0.3, 0.4) is 0 Å². The molecule has 4 N–H and O–H groups in total. The van der Waals surface area contributed by atoms with Gasteiger partial charge in [-0.1, -0.05) is 12.5 Å². The zero-order chi connectivity index (χ0) is 20.7. The zero-order valence-corrected chi connectivity index (χ0v) is 16.3. The van der Waals surface area contributed by atoms with E-state index in [1.54, 1.807) is 19.9 Å². The predicted molar refractivity (Wildman–Crippen MR) is 101 cm³/mol. The number of hydrogen-bond donors (Lipinski definition) is 3. The maximum Gasteiger partial charge on any atom is 0.508 e. The molecule has 1 saturated carbocycles. The van der Waals surface area contributed by atoms with Crippen molar-refractivity contribution in [3.05, 3.63) is 23.8 Å². The Balaban J connectivity index is 1.77. The molecule has 1 aromatic carbocycles. The Morgan fingerprint density at radius 2 is 1.71 bits per heavy atom. The molecule has 8 nitrogen and oxygen atoms in total. The van der Waals surface area contributed by atoms with E-state index >= 15 is 0 Å². The van der Waals surface area contributed by atoms with Crippen LogP contribution in [0.2, 0.25) is 0 Å². The lowest BCUT2D eigenvalue weighted by Gasteiger charge is -2.25. The van der Waals surface area contributed by atoms with Gasteiger partial charge in [-0.15, -0.1) is 0 Å². The van der Waals surface area contributed by atoms with Crippen LogP contribution in [0.5, 0.6) is 11.5 Å². The minimum atomic E-state index is -0.965. The van der Waals surface area contributed by atoms with Crippen molar-refractivity contribution in [3.8, 4) is 11.5 Å². The monoisotopic (exact) mass is 395 g/mol. The summed E-state index contributed by atoms with van der Waals surface area (Å²) < 4.78 is 15.8. The molecule has 0 aromatic heterocycles. The number of phenolic OH excluding ortho intramolecular Hbond substituents is 2. The van der Waals surface area contributed by atoms with Crippen molar-refractivity contribution < 1.29 is 34.0 Å². The normalized spacial score (nSPS) is 18.0. The van der Waals surface area contributed by atoms with Crippen LogP contribution < -0.4 is 5.73 Å². The van der Waals surface area contributed by atoms with Crippen LogP contribution in [0.25, 0.3) is 0 Å². The van der Waals surface area contributed by atoms with Crippen molar-refractivity contribution in [1.82, 2.24) is 0 Å². The van der Waals surface area contributed by atoms with Gasteiger partial charge in [0.2, 0.25) is 0 Å². The van der Waals surface area contributed by atoms with Crippen LogP contribution in [0.15, 0.2) is 18.2 Å². The van der Waals surface area contributed by atoms with Gasteiger partial charge in [0, 0.05) is 0 Å². The van der Waals surface area contributed by atoms with Gasteiger partial charge in [0.05, 0.1) is 0 Å². The third-order valence-corrected chi connectivity index (χ3v) is 4.86. The Labute approximate surface area is 164 Å². The van der Waals surface area contributed by atoms with Gasteiger partial charge in [0.1, 0.15) is 24.4 Å². The van der Waals surface area contributed by atoms with Gasteiger partial charge >= 0.3 is 12.1 Å². The standard InChI is InChI=1S/C20H29NO7/c1-12(13(2)27-20(25)28-15-6-4-3-5-7-15)26-19(24)16(21)10-14-8-9-17(22)18(23)11-14/h8-9,11-13,15-16,22-23H,3-7,10,21H2,1-2H3/t12-,13+,16-/m0/s1. The van der Waals surface area contributed by atoms with E-state index in [1.807, 2.05) is 0 Å². The number of carbonyl (C=O) groups excluding carboxylic acids is 2. The second-order valence-corrected chi connectivity index (χ2v) is 7.23. The van der Waals surface area contributed by atoms with Crippen molar-refractivity contribution in [2.24, 2.45) is 5.73 Å². The number of carbonyl (C=O) groups is 2. The summed E-state index contributed by atoms with van der Waals surface area (Å²) in [6, 6.07) is 3.24. The molecule has 3 atom stereocenters. The maximum absolute atomic E-state index is 12.2. The van der Waals surface area contributed by atoms with Crippen LogP contribution in [-0.2, 0) is 25.4 Å². The van der Waals surface area contributed by atoms with Crippen molar-refractivity contribution in [3.63, 3.8) is 0 Å². The van der Waals surface area contributed by atoms with E-state index in [4.69, 9.17) is 19.9 Å². The molecule has 1 aliphatic rings. The molecule has 0 aliphatic heterocycles. The van der Waals surface area contributed by atoms with Crippen LogP contribution >= 0.6 is 0 Å². The smallest absolute Gasteiger partial charge is 0.504 e. The minimum Gasteiger partial charge on any atom is -0.504 e. The van der Waals surface area contributed by atoms with Gasteiger partial charge < -0.3 is 30.2 Å². The lowest BCUT2D eigenvalue weighted by molar-refractivity contribution is -0.155. The Hall–Kier alpha value is -2.48. The molecule has 1 aromatic rings. The summed E-state index contributed by atoms with van der Waals surface area (Å²) >= 11 is 0. The molecule has 156 valence electrons. The number of ether oxygens (including phenoxy) is 3. The quantitative estimate of drug-likeness (QED) is 0.475. The fraction of sp³-hybridized carbons (Fsp3) is 0.600. The molecule has 0 unspecified atom stereocenters. The van der Waals surface area contributed by atoms with Gasteiger partial charge in [-0.2, -0.15) is 0 Å². The number of aromatic hydroxyl groups is 2. The molecule has 0 bridgehead atoms. The van der Waals surface area contributed by atoms with Crippen LogP contribution in [0.4, 0.5) is 4.79 Å². The second-order valence-electron chi connectivity index (χ2n) is 7.23. The Morgan fingerprint density at radius 3 is 2.36 bits per heavy atom.